The van der Waals surface area contributed by atoms with Crippen LogP contribution < -0.4 is 10.0 Å². The second-order valence-electron chi connectivity index (χ2n) is 5.77. The van der Waals surface area contributed by atoms with E-state index in [0.29, 0.717) is 10.9 Å². The largest absolute Gasteiger partial charge is 0.309 e. The van der Waals surface area contributed by atoms with Crippen molar-refractivity contribution >= 4 is 21.4 Å². The third-order valence-electron chi connectivity index (χ3n) is 3.80. The highest BCUT2D eigenvalue weighted by Crippen LogP contribution is 2.23. The molecule has 2 aliphatic rings. The van der Waals surface area contributed by atoms with Crippen molar-refractivity contribution in [3.63, 3.8) is 0 Å². The van der Waals surface area contributed by atoms with Crippen LogP contribution in [0, 0.1) is 0 Å². The van der Waals surface area contributed by atoms with Crippen molar-refractivity contribution in [1.82, 2.24) is 14.9 Å². The van der Waals surface area contributed by atoms with E-state index < -0.39 is 10.0 Å². The molecule has 1 aliphatic heterocycles. The number of nitrogens with zero attached hydrogens (tertiary/aromatic N) is 1. The molecule has 1 aromatic rings. The van der Waals surface area contributed by atoms with Gasteiger partial charge in [0.15, 0.2) is 0 Å². The quantitative estimate of drug-likeness (QED) is 0.822. The number of hydrogen-bond donors (Lipinski definition) is 2. The number of sulfonamides is 1. The predicted octanol–water partition coefficient (Wildman–Crippen LogP) is 0.982. The van der Waals surface area contributed by atoms with Gasteiger partial charge < -0.3 is 10.2 Å². The fourth-order valence-electron chi connectivity index (χ4n) is 2.45. The van der Waals surface area contributed by atoms with Crippen LogP contribution in [0.3, 0.4) is 0 Å². The molecule has 1 unspecified atom stereocenters. The van der Waals surface area contributed by atoms with Crippen molar-refractivity contribution in [3.05, 3.63) is 16.3 Å². The molecule has 2 heterocycles. The van der Waals surface area contributed by atoms with Crippen LogP contribution in [0.25, 0.3) is 0 Å². The molecule has 0 amide bonds. The first-order chi connectivity index (χ1) is 9.53. The molecule has 112 valence electrons. The molecule has 1 saturated heterocycles. The van der Waals surface area contributed by atoms with Gasteiger partial charge in [0.2, 0.25) is 10.0 Å². The van der Waals surface area contributed by atoms with Gasteiger partial charge in [-0.15, -0.1) is 11.3 Å². The number of nitrogens with one attached hydrogen (secondary N) is 2. The van der Waals surface area contributed by atoms with Gasteiger partial charge in [0.05, 0.1) is 4.90 Å². The van der Waals surface area contributed by atoms with Crippen LogP contribution >= 0.6 is 11.3 Å². The summed E-state index contributed by atoms with van der Waals surface area (Å²) < 4.78 is 27.4. The summed E-state index contributed by atoms with van der Waals surface area (Å²) in [5.74, 6) is 0. The highest BCUT2D eigenvalue weighted by molar-refractivity contribution is 7.89. The predicted molar refractivity (Wildman–Crippen MR) is 80.4 cm³/mol. The molecular weight excluding hydrogens is 294 g/mol. The van der Waals surface area contributed by atoms with E-state index in [2.05, 4.69) is 14.9 Å². The van der Waals surface area contributed by atoms with E-state index in [1.165, 1.54) is 24.2 Å². The van der Waals surface area contributed by atoms with Crippen molar-refractivity contribution in [1.29, 1.82) is 0 Å². The molecule has 1 saturated carbocycles. The topological polar surface area (TPSA) is 61.4 Å². The van der Waals surface area contributed by atoms with Crippen LogP contribution in [-0.4, -0.2) is 45.5 Å². The van der Waals surface area contributed by atoms with Gasteiger partial charge in [0.25, 0.3) is 0 Å². The first-order valence-electron chi connectivity index (χ1n) is 7.04. The van der Waals surface area contributed by atoms with E-state index in [-0.39, 0.29) is 6.04 Å². The summed E-state index contributed by atoms with van der Waals surface area (Å²) in [5.41, 5.74) is 0. The Kier molecular flexibility index (Phi) is 4.14. The Morgan fingerprint density at radius 1 is 1.35 bits per heavy atom. The second-order valence-corrected chi connectivity index (χ2v) is 8.48. The number of thiophene rings is 1. The molecule has 0 radical (unpaired) electrons. The minimum atomic E-state index is -3.36. The van der Waals surface area contributed by atoms with E-state index in [4.69, 9.17) is 0 Å². The van der Waals surface area contributed by atoms with E-state index >= 15 is 0 Å². The molecule has 2 N–H and O–H groups in total. The molecule has 0 spiro atoms. The first-order valence-corrected chi connectivity index (χ1v) is 9.41. The van der Waals surface area contributed by atoms with Gasteiger partial charge in [-0.1, -0.05) is 0 Å². The zero-order valence-corrected chi connectivity index (χ0v) is 13.3. The molecule has 1 aliphatic carbocycles. The van der Waals surface area contributed by atoms with Gasteiger partial charge in [-0.3, -0.25) is 0 Å². The van der Waals surface area contributed by atoms with Crippen LogP contribution in [0.2, 0.25) is 0 Å². The summed E-state index contributed by atoms with van der Waals surface area (Å²) in [7, 11) is -1.35. The van der Waals surface area contributed by atoms with Crippen LogP contribution in [0.1, 0.15) is 24.1 Å². The number of rotatable bonds is 6. The standard InChI is InChI=1S/C13H21N3O2S2/c1-16-5-4-11(8-16)15-20(17,18)13-6-12(19-9-13)7-14-10-2-3-10/h6,9-11,14-15H,2-5,7-8H2,1H3. The van der Waals surface area contributed by atoms with Crippen molar-refractivity contribution in [2.75, 3.05) is 20.1 Å². The lowest BCUT2D eigenvalue weighted by Gasteiger charge is -2.12. The minimum Gasteiger partial charge on any atom is -0.309 e. The average Bonchev–Trinajstić information content (AvgIpc) is 2.93. The molecule has 2 fully saturated rings. The maximum Gasteiger partial charge on any atom is 0.241 e. The Morgan fingerprint density at radius 2 is 2.15 bits per heavy atom. The summed E-state index contributed by atoms with van der Waals surface area (Å²) in [6, 6.07) is 2.48. The highest BCUT2D eigenvalue weighted by atomic mass is 32.2. The second kappa shape index (κ2) is 5.73. The Morgan fingerprint density at radius 3 is 2.80 bits per heavy atom. The lowest BCUT2D eigenvalue weighted by molar-refractivity contribution is 0.407. The highest BCUT2D eigenvalue weighted by Gasteiger charge is 2.26. The fourth-order valence-corrected chi connectivity index (χ4v) is 4.93. The maximum absolute atomic E-state index is 12.3. The molecule has 1 aromatic heterocycles. The Balaban J connectivity index is 1.61. The molecule has 0 bridgehead atoms. The van der Waals surface area contributed by atoms with Crippen LogP contribution in [0.4, 0.5) is 0 Å². The molecule has 5 nitrogen and oxygen atoms in total. The molecular formula is C13H21N3O2S2. The number of likely N-dealkylation sites (tertiary alicyclic amines) is 1. The molecule has 1 atom stereocenters. The van der Waals surface area contributed by atoms with Gasteiger partial charge in [-0.05, 0) is 38.9 Å². The zero-order valence-electron chi connectivity index (χ0n) is 11.6. The van der Waals surface area contributed by atoms with Crippen LogP contribution in [0.5, 0.6) is 0 Å². The fraction of sp³-hybridized carbons (Fsp3) is 0.692. The number of hydrogen-bond acceptors (Lipinski definition) is 5. The maximum atomic E-state index is 12.3. The third kappa shape index (κ3) is 3.59. The van der Waals surface area contributed by atoms with Gasteiger partial charge in [-0.25, -0.2) is 13.1 Å². The minimum absolute atomic E-state index is 0.0398. The normalized spacial score (nSPS) is 24.4. The van der Waals surface area contributed by atoms with Gasteiger partial charge in [0, 0.05) is 35.4 Å². The lowest BCUT2D eigenvalue weighted by Crippen LogP contribution is -2.36. The Bertz CT molecular complexity index is 566. The van der Waals surface area contributed by atoms with Crippen molar-refractivity contribution < 1.29 is 8.42 Å². The summed E-state index contributed by atoms with van der Waals surface area (Å²) in [6.45, 7) is 2.52. The Hall–Kier alpha value is -0.470. The monoisotopic (exact) mass is 315 g/mol. The summed E-state index contributed by atoms with van der Waals surface area (Å²) in [5, 5.41) is 5.15. The molecule has 0 aromatic carbocycles. The van der Waals surface area contributed by atoms with Crippen LogP contribution in [0.15, 0.2) is 16.3 Å². The first kappa shape index (κ1) is 14.5. The van der Waals surface area contributed by atoms with E-state index in [9.17, 15) is 8.42 Å². The summed E-state index contributed by atoms with van der Waals surface area (Å²) in [6.07, 6.45) is 3.37. The summed E-state index contributed by atoms with van der Waals surface area (Å²) in [4.78, 5) is 3.64. The van der Waals surface area contributed by atoms with E-state index in [1.54, 1.807) is 11.4 Å². The van der Waals surface area contributed by atoms with Crippen LogP contribution in [-0.2, 0) is 16.6 Å². The third-order valence-corrected chi connectivity index (χ3v) is 6.38. The summed E-state index contributed by atoms with van der Waals surface area (Å²) >= 11 is 1.51. The number of likely N-dealkylation sites (N-methyl/N-ethyl adjacent to an activating group) is 1. The van der Waals surface area contributed by atoms with E-state index in [0.717, 1.165) is 30.9 Å². The molecule has 3 rings (SSSR count). The SMILES string of the molecule is CN1CCC(NS(=O)(=O)c2csc(CNC3CC3)c2)C1. The van der Waals surface area contributed by atoms with Gasteiger partial charge in [0.1, 0.15) is 0 Å². The van der Waals surface area contributed by atoms with Crippen molar-refractivity contribution in [3.8, 4) is 0 Å². The van der Waals surface area contributed by atoms with Gasteiger partial charge in [-0.2, -0.15) is 0 Å². The molecule has 20 heavy (non-hydrogen) atoms. The smallest absolute Gasteiger partial charge is 0.241 e. The average molecular weight is 315 g/mol. The zero-order chi connectivity index (χ0) is 14.2. The van der Waals surface area contributed by atoms with E-state index in [1.807, 2.05) is 7.05 Å². The Labute approximate surface area is 124 Å². The lowest BCUT2D eigenvalue weighted by atomic mass is 10.3. The molecule has 7 heteroatoms. The van der Waals surface area contributed by atoms with Crippen molar-refractivity contribution in [2.24, 2.45) is 0 Å². The van der Waals surface area contributed by atoms with Gasteiger partial charge >= 0.3 is 0 Å². The van der Waals surface area contributed by atoms with Crippen molar-refractivity contribution in [2.45, 2.75) is 42.8 Å².